The van der Waals surface area contributed by atoms with E-state index in [2.05, 4.69) is 29.4 Å². The lowest BCUT2D eigenvalue weighted by Crippen LogP contribution is -2.23. The molecule has 2 aromatic heterocycles. The molecular formula is C15H16N4O5. The first-order chi connectivity index (χ1) is 11.5. The first-order valence-electron chi connectivity index (χ1n) is 6.73. The summed E-state index contributed by atoms with van der Waals surface area (Å²) in [6, 6.07) is 0. The van der Waals surface area contributed by atoms with Gasteiger partial charge in [0.15, 0.2) is 11.5 Å². The summed E-state index contributed by atoms with van der Waals surface area (Å²) < 4.78 is 8.84. The second-order valence-electron chi connectivity index (χ2n) is 4.28. The minimum absolute atomic E-state index is 0.172. The molecule has 24 heavy (non-hydrogen) atoms. The molecule has 9 nitrogen and oxygen atoms in total. The lowest BCUT2D eigenvalue weighted by atomic mass is 10.0. The SMILES string of the molecule is COC(=O)C(C)C(=O)c1cnccn1.COC(=O)c1cnccn1. The maximum absolute atomic E-state index is 11.5. The van der Waals surface area contributed by atoms with E-state index in [-0.39, 0.29) is 17.2 Å². The second kappa shape index (κ2) is 9.72. The highest BCUT2D eigenvalue weighted by Gasteiger charge is 2.24. The Hall–Kier alpha value is -3.23. The van der Waals surface area contributed by atoms with Gasteiger partial charge in [0, 0.05) is 24.8 Å². The van der Waals surface area contributed by atoms with Gasteiger partial charge in [0.05, 0.1) is 26.6 Å². The molecule has 0 saturated heterocycles. The number of hydrogen-bond acceptors (Lipinski definition) is 9. The van der Waals surface area contributed by atoms with Crippen LogP contribution in [-0.2, 0) is 14.3 Å². The maximum Gasteiger partial charge on any atom is 0.358 e. The predicted molar refractivity (Wildman–Crippen MR) is 80.9 cm³/mol. The van der Waals surface area contributed by atoms with Crippen LogP contribution in [0, 0.1) is 5.92 Å². The molecule has 2 rings (SSSR count). The first kappa shape index (κ1) is 18.8. The minimum Gasteiger partial charge on any atom is -0.468 e. The van der Waals surface area contributed by atoms with Crippen LogP contribution < -0.4 is 0 Å². The fourth-order valence-corrected chi connectivity index (χ4v) is 1.44. The van der Waals surface area contributed by atoms with Crippen molar-refractivity contribution in [3.05, 3.63) is 48.6 Å². The van der Waals surface area contributed by atoms with E-state index < -0.39 is 17.9 Å². The Balaban J connectivity index is 0.000000254. The van der Waals surface area contributed by atoms with E-state index in [4.69, 9.17) is 0 Å². The number of rotatable bonds is 4. The summed E-state index contributed by atoms with van der Waals surface area (Å²) in [6.45, 7) is 1.48. The van der Waals surface area contributed by atoms with E-state index in [0.29, 0.717) is 0 Å². The van der Waals surface area contributed by atoms with Crippen molar-refractivity contribution < 1.29 is 23.9 Å². The molecule has 2 aromatic rings. The highest BCUT2D eigenvalue weighted by Crippen LogP contribution is 2.06. The summed E-state index contributed by atoms with van der Waals surface area (Å²) in [5.74, 6) is -2.25. The molecule has 0 fully saturated rings. The molecule has 0 aliphatic heterocycles. The highest BCUT2D eigenvalue weighted by atomic mass is 16.5. The summed E-state index contributed by atoms with van der Waals surface area (Å²) in [5, 5.41) is 0. The molecule has 0 spiro atoms. The number of carbonyl (C=O) groups excluding carboxylic acids is 3. The molecule has 0 aliphatic rings. The zero-order valence-electron chi connectivity index (χ0n) is 13.4. The number of carbonyl (C=O) groups is 3. The lowest BCUT2D eigenvalue weighted by molar-refractivity contribution is -0.143. The molecule has 0 N–H and O–H groups in total. The Morgan fingerprint density at radius 3 is 1.83 bits per heavy atom. The number of nitrogens with zero attached hydrogens (tertiary/aromatic N) is 4. The highest BCUT2D eigenvalue weighted by molar-refractivity contribution is 6.07. The third kappa shape index (κ3) is 5.52. The van der Waals surface area contributed by atoms with Gasteiger partial charge >= 0.3 is 11.9 Å². The Morgan fingerprint density at radius 2 is 1.42 bits per heavy atom. The Labute approximate surface area is 138 Å². The van der Waals surface area contributed by atoms with E-state index >= 15 is 0 Å². The maximum atomic E-state index is 11.5. The van der Waals surface area contributed by atoms with Gasteiger partial charge in [-0.25, -0.2) is 14.8 Å². The van der Waals surface area contributed by atoms with E-state index in [9.17, 15) is 14.4 Å². The molecule has 126 valence electrons. The quantitative estimate of drug-likeness (QED) is 0.453. The third-order valence-electron chi connectivity index (χ3n) is 2.72. The van der Waals surface area contributed by atoms with Crippen molar-refractivity contribution in [1.82, 2.24) is 19.9 Å². The molecule has 1 atom stereocenters. The van der Waals surface area contributed by atoms with Crippen LogP contribution in [0.4, 0.5) is 0 Å². The topological polar surface area (TPSA) is 121 Å². The van der Waals surface area contributed by atoms with Crippen LogP contribution >= 0.6 is 0 Å². The monoisotopic (exact) mass is 332 g/mol. The van der Waals surface area contributed by atoms with Gasteiger partial charge < -0.3 is 9.47 Å². The van der Waals surface area contributed by atoms with Crippen LogP contribution in [0.5, 0.6) is 0 Å². The summed E-state index contributed by atoms with van der Waals surface area (Å²) in [4.78, 5) is 48.2. The Morgan fingerprint density at radius 1 is 0.875 bits per heavy atom. The number of esters is 2. The number of Topliss-reactive ketones (excluding diaryl/α,β-unsaturated/α-hetero) is 1. The molecular weight excluding hydrogens is 316 g/mol. The van der Waals surface area contributed by atoms with Crippen molar-refractivity contribution in [2.24, 2.45) is 5.92 Å². The zero-order valence-corrected chi connectivity index (χ0v) is 13.4. The third-order valence-corrected chi connectivity index (χ3v) is 2.72. The van der Waals surface area contributed by atoms with Crippen molar-refractivity contribution in [2.75, 3.05) is 14.2 Å². The van der Waals surface area contributed by atoms with E-state index in [1.54, 1.807) is 0 Å². The van der Waals surface area contributed by atoms with Crippen molar-refractivity contribution in [2.45, 2.75) is 6.92 Å². The minimum atomic E-state index is -0.836. The zero-order chi connectivity index (χ0) is 17.9. The molecule has 0 saturated carbocycles. The summed E-state index contributed by atoms with van der Waals surface area (Å²) in [5.41, 5.74) is 0.399. The second-order valence-corrected chi connectivity index (χ2v) is 4.28. The number of ketones is 1. The van der Waals surface area contributed by atoms with Gasteiger partial charge in [0.1, 0.15) is 11.6 Å². The van der Waals surface area contributed by atoms with Gasteiger partial charge in [-0.05, 0) is 6.92 Å². The van der Waals surface area contributed by atoms with Crippen LogP contribution in [0.1, 0.15) is 27.9 Å². The van der Waals surface area contributed by atoms with E-state index in [1.165, 1.54) is 58.3 Å². The summed E-state index contributed by atoms with van der Waals surface area (Å²) in [7, 11) is 2.54. The van der Waals surface area contributed by atoms with Gasteiger partial charge in [0.25, 0.3) is 0 Å². The van der Waals surface area contributed by atoms with Crippen LogP contribution in [0.25, 0.3) is 0 Å². The standard InChI is InChI=1S/C9H10N2O3.C6H6N2O2/c1-6(9(13)14-2)8(12)7-5-10-3-4-11-7;1-10-6(9)5-4-7-2-3-8-5/h3-6H,1-2H3;2-4H,1H3. The van der Waals surface area contributed by atoms with Crippen LogP contribution in [0.3, 0.4) is 0 Å². The van der Waals surface area contributed by atoms with Crippen molar-refractivity contribution in [1.29, 1.82) is 0 Å². The molecule has 0 aliphatic carbocycles. The fourth-order valence-electron chi connectivity index (χ4n) is 1.44. The average Bonchev–Trinajstić information content (AvgIpc) is 2.67. The number of ether oxygens (including phenoxy) is 2. The number of hydrogen-bond donors (Lipinski definition) is 0. The molecule has 0 amide bonds. The van der Waals surface area contributed by atoms with Gasteiger partial charge in [-0.3, -0.25) is 19.6 Å². The summed E-state index contributed by atoms with van der Waals surface area (Å²) in [6.07, 6.45) is 8.46. The van der Waals surface area contributed by atoms with Gasteiger partial charge in [-0.15, -0.1) is 0 Å². The predicted octanol–water partition coefficient (Wildman–Crippen LogP) is 0.732. The van der Waals surface area contributed by atoms with Crippen LogP contribution in [0.15, 0.2) is 37.2 Å². The van der Waals surface area contributed by atoms with Crippen molar-refractivity contribution in [3.63, 3.8) is 0 Å². The smallest absolute Gasteiger partial charge is 0.358 e. The molecule has 0 bridgehead atoms. The molecule has 0 radical (unpaired) electrons. The lowest BCUT2D eigenvalue weighted by Gasteiger charge is -2.06. The molecule has 2 heterocycles. The Kier molecular flexibility index (Phi) is 7.62. The van der Waals surface area contributed by atoms with Crippen molar-refractivity contribution >= 4 is 17.7 Å². The van der Waals surface area contributed by atoms with E-state index in [0.717, 1.165) is 0 Å². The van der Waals surface area contributed by atoms with Gasteiger partial charge in [0.2, 0.25) is 0 Å². The van der Waals surface area contributed by atoms with Crippen LogP contribution in [0.2, 0.25) is 0 Å². The van der Waals surface area contributed by atoms with Crippen LogP contribution in [-0.4, -0.2) is 51.9 Å². The largest absolute Gasteiger partial charge is 0.468 e. The first-order valence-corrected chi connectivity index (χ1v) is 6.73. The van der Waals surface area contributed by atoms with E-state index in [1.807, 2.05) is 0 Å². The normalized spacial score (nSPS) is 10.6. The molecule has 1 unspecified atom stereocenters. The van der Waals surface area contributed by atoms with Crippen molar-refractivity contribution in [3.8, 4) is 0 Å². The summed E-state index contributed by atoms with van der Waals surface area (Å²) >= 11 is 0. The average molecular weight is 332 g/mol. The fraction of sp³-hybridized carbons (Fsp3) is 0.267. The Bertz CT molecular complexity index is 679. The van der Waals surface area contributed by atoms with Gasteiger partial charge in [-0.2, -0.15) is 0 Å². The number of aromatic nitrogens is 4. The van der Waals surface area contributed by atoms with Gasteiger partial charge in [-0.1, -0.05) is 0 Å². The molecule has 9 heteroatoms. The molecule has 0 aromatic carbocycles. The number of methoxy groups -OCH3 is 2.